The molecular formula is C28H30O10. The molecule has 0 aromatic heterocycles. The van der Waals surface area contributed by atoms with Gasteiger partial charge in [0.1, 0.15) is 6.10 Å². The normalized spacial score (nSPS) is 60.7. The molecule has 10 heteroatoms. The SMILES string of the molecule is CC12CC3OC(=O)C1COC14C(=O)OC5(C21)C(O)(CCC1C4C=CC2(O)CC=CC(=O)C12C)C(=O)OC35C. The number of aliphatic hydroxyl groups is 2. The van der Waals surface area contributed by atoms with E-state index in [1.165, 1.54) is 6.08 Å². The second kappa shape index (κ2) is 6.10. The molecule has 0 radical (unpaired) electrons. The summed E-state index contributed by atoms with van der Waals surface area (Å²) in [4.78, 5) is 54.9. The lowest BCUT2D eigenvalue weighted by atomic mass is 9.39. The van der Waals surface area contributed by atoms with Crippen LogP contribution in [0.2, 0.25) is 0 Å². The summed E-state index contributed by atoms with van der Waals surface area (Å²) in [7, 11) is 0. The zero-order valence-electron chi connectivity index (χ0n) is 21.4. The van der Waals surface area contributed by atoms with Crippen LogP contribution in [-0.4, -0.2) is 74.6 Å². The van der Waals surface area contributed by atoms with E-state index in [0.29, 0.717) is 6.42 Å². The van der Waals surface area contributed by atoms with Crippen molar-refractivity contribution in [3.63, 3.8) is 0 Å². The number of hydrogen-bond acceptors (Lipinski definition) is 10. The predicted octanol–water partition coefficient (Wildman–Crippen LogP) is 0.528. The molecule has 2 saturated carbocycles. The molecule has 4 heterocycles. The van der Waals surface area contributed by atoms with E-state index in [9.17, 15) is 29.4 Å². The Morgan fingerprint density at radius 1 is 1.03 bits per heavy atom. The quantitative estimate of drug-likeness (QED) is 0.260. The largest absolute Gasteiger partial charge is 0.458 e. The molecule has 0 amide bonds. The molecule has 0 aromatic rings. The zero-order valence-corrected chi connectivity index (χ0v) is 21.4. The Balaban J connectivity index is 1.46. The van der Waals surface area contributed by atoms with Crippen molar-refractivity contribution in [2.24, 2.45) is 34.5 Å². The number of allylic oxidation sites excluding steroid dienone is 1. The lowest BCUT2D eigenvalue weighted by Gasteiger charge is -2.67. The maximum atomic E-state index is 14.4. The third-order valence-corrected chi connectivity index (χ3v) is 12.3. The van der Waals surface area contributed by atoms with Gasteiger partial charge in [0.15, 0.2) is 17.0 Å². The fourth-order valence-electron chi connectivity index (χ4n) is 10.3. The number of ether oxygens (including phenoxy) is 4. The summed E-state index contributed by atoms with van der Waals surface area (Å²) in [6.07, 6.45) is 5.98. The summed E-state index contributed by atoms with van der Waals surface area (Å²) in [5.41, 5.74) is -11.3. The van der Waals surface area contributed by atoms with Crippen molar-refractivity contribution in [1.29, 1.82) is 0 Å². The van der Waals surface area contributed by atoms with Crippen LogP contribution in [0, 0.1) is 34.5 Å². The average Bonchev–Trinajstić information content (AvgIpc) is 3.23. The first-order chi connectivity index (χ1) is 17.8. The number of hydrogen-bond donors (Lipinski definition) is 2. The summed E-state index contributed by atoms with van der Waals surface area (Å²) in [6.45, 7) is 5.04. The maximum Gasteiger partial charge on any atom is 0.343 e. The first-order valence-electron chi connectivity index (χ1n) is 13.4. The van der Waals surface area contributed by atoms with Gasteiger partial charge in [-0.2, -0.15) is 0 Å². The van der Waals surface area contributed by atoms with Gasteiger partial charge in [0.25, 0.3) is 0 Å². The molecule has 12 unspecified atom stereocenters. The van der Waals surface area contributed by atoms with E-state index in [2.05, 4.69) is 0 Å². The van der Waals surface area contributed by atoms with Crippen molar-refractivity contribution in [2.45, 2.75) is 80.6 Å². The highest BCUT2D eigenvalue weighted by Crippen LogP contribution is 2.77. The van der Waals surface area contributed by atoms with E-state index in [1.807, 2.05) is 6.92 Å². The van der Waals surface area contributed by atoms with E-state index >= 15 is 0 Å². The fraction of sp³-hybridized carbons (Fsp3) is 0.714. The molecule has 2 N–H and O–H groups in total. The van der Waals surface area contributed by atoms with Gasteiger partial charge in [0.2, 0.25) is 11.2 Å². The van der Waals surface area contributed by atoms with Gasteiger partial charge < -0.3 is 29.2 Å². The Kier molecular flexibility index (Phi) is 3.75. The molecule has 202 valence electrons. The second-order valence-electron chi connectivity index (χ2n) is 13.3. The first kappa shape index (κ1) is 23.3. The lowest BCUT2D eigenvalue weighted by molar-refractivity contribution is -0.331. The topological polar surface area (TPSA) is 146 Å². The van der Waals surface area contributed by atoms with Crippen molar-refractivity contribution < 1.29 is 48.3 Å². The third kappa shape index (κ3) is 1.89. The van der Waals surface area contributed by atoms with E-state index in [4.69, 9.17) is 18.9 Å². The molecule has 8 aliphatic rings. The smallest absolute Gasteiger partial charge is 0.343 e. The second-order valence-corrected chi connectivity index (χ2v) is 13.3. The van der Waals surface area contributed by atoms with Gasteiger partial charge in [-0.25, -0.2) is 9.59 Å². The predicted molar refractivity (Wildman–Crippen MR) is 124 cm³/mol. The zero-order chi connectivity index (χ0) is 26.9. The summed E-state index contributed by atoms with van der Waals surface area (Å²) in [6, 6.07) is 0. The summed E-state index contributed by atoms with van der Waals surface area (Å²) < 4.78 is 24.5. The molecule has 38 heavy (non-hydrogen) atoms. The lowest BCUT2D eigenvalue weighted by Crippen LogP contribution is -2.82. The van der Waals surface area contributed by atoms with Crippen LogP contribution in [0.4, 0.5) is 0 Å². The van der Waals surface area contributed by atoms with Crippen LogP contribution in [0.3, 0.4) is 0 Å². The molecule has 4 aliphatic heterocycles. The van der Waals surface area contributed by atoms with Crippen molar-refractivity contribution in [1.82, 2.24) is 0 Å². The molecule has 4 saturated heterocycles. The minimum Gasteiger partial charge on any atom is -0.458 e. The highest BCUT2D eigenvalue weighted by Gasteiger charge is 2.95. The Morgan fingerprint density at radius 3 is 2.55 bits per heavy atom. The van der Waals surface area contributed by atoms with Gasteiger partial charge in [0, 0.05) is 5.92 Å². The van der Waals surface area contributed by atoms with E-state index in [1.54, 1.807) is 32.1 Å². The number of ketones is 1. The molecule has 8 rings (SSSR count). The van der Waals surface area contributed by atoms with Crippen LogP contribution in [-0.2, 0) is 38.1 Å². The minimum absolute atomic E-state index is 0.112. The Bertz CT molecular complexity index is 1340. The highest BCUT2D eigenvalue weighted by molar-refractivity contribution is 5.98. The standard InChI is InChI=1S/C28H30O10/c1-22-11-17-24(3)28-19(22)27(21(32)38-28,35-12-15(22)18(30)36-17)14-6-9-25(33)8-4-5-16(29)23(25,2)13(14)7-10-26(28,34)20(31)37-24/h4-6,9,13-15,17,19,33-34H,7-8,10-12H2,1-3H3. The third-order valence-electron chi connectivity index (χ3n) is 12.3. The number of rotatable bonds is 0. The maximum absolute atomic E-state index is 14.4. The van der Waals surface area contributed by atoms with E-state index in [-0.39, 0.29) is 31.7 Å². The van der Waals surface area contributed by atoms with Crippen molar-refractivity contribution in [2.75, 3.05) is 6.61 Å². The van der Waals surface area contributed by atoms with Crippen LogP contribution in [0.25, 0.3) is 0 Å². The number of fused-ring (bicyclic) bond motifs is 5. The average molecular weight is 527 g/mol. The van der Waals surface area contributed by atoms with Gasteiger partial charge >= 0.3 is 17.9 Å². The number of carbonyl (C=O) groups is 4. The first-order valence-corrected chi connectivity index (χ1v) is 13.4. The molecule has 4 bridgehead atoms. The Labute approximate surface area is 218 Å². The van der Waals surface area contributed by atoms with Gasteiger partial charge in [-0.05, 0) is 56.9 Å². The Hall–Kier alpha value is -2.56. The molecule has 12 atom stereocenters. The van der Waals surface area contributed by atoms with Crippen LogP contribution in [0.1, 0.15) is 46.5 Å². The molecule has 10 nitrogen and oxygen atoms in total. The minimum atomic E-state index is -2.27. The molecular weight excluding hydrogens is 496 g/mol. The monoisotopic (exact) mass is 526 g/mol. The molecule has 6 fully saturated rings. The molecule has 1 spiro atoms. The van der Waals surface area contributed by atoms with Crippen molar-refractivity contribution in [3.05, 3.63) is 24.3 Å². The van der Waals surface area contributed by atoms with Crippen LogP contribution in [0.5, 0.6) is 0 Å². The number of carbonyl (C=O) groups excluding carboxylic acids is 4. The van der Waals surface area contributed by atoms with Crippen molar-refractivity contribution >= 4 is 23.7 Å². The molecule has 4 aliphatic carbocycles. The molecule has 0 aromatic carbocycles. The summed E-state index contributed by atoms with van der Waals surface area (Å²) in [5, 5.41) is 24.1. The van der Waals surface area contributed by atoms with Gasteiger partial charge in [-0.1, -0.05) is 25.2 Å². The van der Waals surface area contributed by atoms with Gasteiger partial charge in [-0.15, -0.1) is 0 Å². The van der Waals surface area contributed by atoms with E-state index < -0.39 is 86.5 Å². The van der Waals surface area contributed by atoms with Gasteiger partial charge in [-0.3, -0.25) is 9.59 Å². The summed E-state index contributed by atoms with van der Waals surface area (Å²) in [5.74, 6) is -5.61. The van der Waals surface area contributed by atoms with Crippen LogP contribution < -0.4 is 0 Å². The highest BCUT2D eigenvalue weighted by atomic mass is 16.7. The fourth-order valence-corrected chi connectivity index (χ4v) is 10.3. The summed E-state index contributed by atoms with van der Waals surface area (Å²) >= 11 is 0. The number of esters is 3. The van der Waals surface area contributed by atoms with Crippen molar-refractivity contribution in [3.8, 4) is 0 Å². The van der Waals surface area contributed by atoms with Gasteiger partial charge in [0.05, 0.1) is 29.5 Å². The Morgan fingerprint density at radius 2 is 1.79 bits per heavy atom. The van der Waals surface area contributed by atoms with E-state index in [0.717, 1.165) is 0 Å². The van der Waals surface area contributed by atoms with Crippen LogP contribution in [0.15, 0.2) is 24.3 Å². The van der Waals surface area contributed by atoms with Crippen LogP contribution >= 0.6 is 0 Å².